The van der Waals surface area contributed by atoms with Gasteiger partial charge in [-0.1, -0.05) is 32.6 Å². The monoisotopic (exact) mass is 366 g/mol. The van der Waals surface area contributed by atoms with Crippen molar-refractivity contribution in [3.05, 3.63) is 46.6 Å². The lowest BCUT2D eigenvalue weighted by Gasteiger charge is -2.33. The lowest BCUT2D eigenvalue weighted by molar-refractivity contribution is 0.180. The van der Waals surface area contributed by atoms with Gasteiger partial charge in [0.2, 0.25) is 0 Å². The largest absolute Gasteiger partial charge is 0.497 e. The summed E-state index contributed by atoms with van der Waals surface area (Å²) in [4.78, 5) is 3.33. The predicted molar refractivity (Wildman–Crippen MR) is 115 cm³/mol. The highest BCUT2D eigenvalue weighted by molar-refractivity contribution is 8.03. The Bertz CT molecular complexity index is 522. The third kappa shape index (κ3) is 7.43. The highest BCUT2D eigenvalue weighted by Gasteiger charge is 2.34. The van der Waals surface area contributed by atoms with Crippen LogP contribution >= 0.6 is 11.8 Å². The fourth-order valence-corrected chi connectivity index (χ4v) is 3.65. The van der Waals surface area contributed by atoms with Gasteiger partial charge in [-0.15, -0.1) is 11.8 Å². The standard InChI is InChI=1S/C20H34N2OS.CH4/c1-7-16(3)19(23-6)11-10-17(4)24-15-18(8-2)14-20(21)12-9-13-22(20)5;/h8,10-11H,4,7,9,12-15,21H2,1-3,5-6H3;1H4/b11-10-,18-8+,19-16-;/t20-;/m1./s1. The van der Waals surface area contributed by atoms with Crippen molar-refractivity contribution in [2.45, 2.75) is 59.5 Å². The van der Waals surface area contributed by atoms with E-state index in [2.05, 4.69) is 45.4 Å². The molecule has 0 aliphatic carbocycles. The molecule has 0 aromatic rings. The lowest BCUT2D eigenvalue weighted by atomic mass is 9.99. The molecule has 4 heteroatoms. The normalized spacial score (nSPS) is 22.7. The molecule has 0 spiro atoms. The van der Waals surface area contributed by atoms with Crippen molar-refractivity contribution < 1.29 is 4.74 Å². The minimum atomic E-state index is -0.177. The van der Waals surface area contributed by atoms with E-state index in [1.165, 1.54) is 17.6 Å². The highest BCUT2D eigenvalue weighted by atomic mass is 32.2. The van der Waals surface area contributed by atoms with Gasteiger partial charge in [0.05, 0.1) is 12.8 Å². The molecule has 0 bridgehead atoms. The maximum Gasteiger partial charge on any atom is 0.117 e. The molecule has 1 aliphatic heterocycles. The molecule has 144 valence electrons. The Labute approximate surface area is 160 Å². The zero-order chi connectivity index (χ0) is 18.2. The van der Waals surface area contributed by atoms with Crippen molar-refractivity contribution in [2.24, 2.45) is 5.73 Å². The van der Waals surface area contributed by atoms with Crippen molar-refractivity contribution in [1.29, 1.82) is 0 Å². The molecule has 0 radical (unpaired) electrons. The second kappa shape index (κ2) is 11.6. The Morgan fingerprint density at radius 2 is 2.08 bits per heavy atom. The molecular formula is C21H38N2OS. The number of likely N-dealkylation sites (tertiary alicyclic amines) is 1. The summed E-state index contributed by atoms with van der Waals surface area (Å²) < 4.78 is 5.42. The van der Waals surface area contributed by atoms with Gasteiger partial charge in [-0.3, -0.25) is 4.90 Å². The molecule has 3 nitrogen and oxygen atoms in total. The van der Waals surface area contributed by atoms with Crippen molar-refractivity contribution in [2.75, 3.05) is 26.5 Å². The Kier molecular flexibility index (Phi) is 11.2. The number of hydrogen-bond donors (Lipinski definition) is 1. The number of hydrogen-bond acceptors (Lipinski definition) is 4. The van der Waals surface area contributed by atoms with Crippen LogP contribution in [0, 0.1) is 0 Å². The average molecular weight is 367 g/mol. The first kappa shape index (κ1) is 24.0. The van der Waals surface area contributed by atoms with E-state index in [1.54, 1.807) is 18.9 Å². The third-order valence-electron chi connectivity index (χ3n) is 4.84. The van der Waals surface area contributed by atoms with E-state index in [4.69, 9.17) is 10.5 Å². The molecule has 0 aromatic heterocycles. The minimum absolute atomic E-state index is 0. The molecule has 1 atom stereocenters. The number of allylic oxidation sites excluding steroid dienone is 4. The molecule has 1 saturated heterocycles. The van der Waals surface area contributed by atoms with Gasteiger partial charge in [0.25, 0.3) is 0 Å². The first-order valence-corrected chi connectivity index (χ1v) is 9.72. The molecule has 25 heavy (non-hydrogen) atoms. The molecular weight excluding hydrogens is 328 g/mol. The summed E-state index contributed by atoms with van der Waals surface area (Å²) in [6.07, 6.45) is 10.4. The van der Waals surface area contributed by atoms with Crippen LogP contribution < -0.4 is 5.73 Å². The zero-order valence-corrected chi connectivity index (χ0v) is 16.8. The number of methoxy groups -OCH3 is 1. The molecule has 2 N–H and O–H groups in total. The number of thioether (sulfide) groups is 1. The van der Waals surface area contributed by atoms with Crippen LogP contribution in [-0.4, -0.2) is 37.0 Å². The van der Waals surface area contributed by atoms with E-state index in [9.17, 15) is 0 Å². The molecule has 1 rings (SSSR count). The smallest absolute Gasteiger partial charge is 0.117 e. The van der Waals surface area contributed by atoms with Crippen LogP contribution in [0.3, 0.4) is 0 Å². The summed E-state index contributed by atoms with van der Waals surface area (Å²) in [5, 5.41) is 0. The lowest BCUT2D eigenvalue weighted by Crippen LogP contribution is -2.50. The van der Waals surface area contributed by atoms with Crippen LogP contribution in [0.2, 0.25) is 0 Å². The van der Waals surface area contributed by atoms with Crippen LogP contribution in [0.15, 0.2) is 46.6 Å². The van der Waals surface area contributed by atoms with Gasteiger partial charge in [0, 0.05) is 17.1 Å². The Morgan fingerprint density at radius 3 is 2.56 bits per heavy atom. The van der Waals surface area contributed by atoms with E-state index in [0.29, 0.717) is 0 Å². The molecule has 1 aliphatic rings. The van der Waals surface area contributed by atoms with Gasteiger partial charge in [-0.25, -0.2) is 0 Å². The number of ether oxygens (including phenoxy) is 1. The Morgan fingerprint density at radius 1 is 1.40 bits per heavy atom. The first-order valence-electron chi connectivity index (χ1n) is 8.74. The number of nitrogens with zero attached hydrogens (tertiary/aromatic N) is 1. The van der Waals surface area contributed by atoms with E-state index < -0.39 is 0 Å². The molecule has 0 amide bonds. The van der Waals surface area contributed by atoms with Crippen molar-refractivity contribution in [3.8, 4) is 0 Å². The maximum absolute atomic E-state index is 6.57. The number of rotatable bonds is 9. The first-order chi connectivity index (χ1) is 11.4. The number of nitrogens with two attached hydrogens (primary N) is 1. The molecule has 1 heterocycles. The highest BCUT2D eigenvalue weighted by Crippen LogP contribution is 2.31. The Hall–Kier alpha value is -0.970. The van der Waals surface area contributed by atoms with Crippen LogP contribution in [0.1, 0.15) is 53.9 Å². The quantitative estimate of drug-likeness (QED) is 0.333. The molecule has 0 unspecified atom stereocenters. The fourth-order valence-electron chi connectivity index (χ4n) is 2.85. The van der Waals surface area contributed by atoms with E-state index in [-0.39, 0.29) is 13.1 Å². The van der Waals surface area contributed by atoms with Gasteiger partial charge in [0.1, 0.15) is 5.76 Å². The van der Waals surface area contributed by atoms with E-state index in [0.717, 1.165) is 42.2 Å². The van der Waals surface area contributed by atoms with Crippen molar-refractivity contribution in [3.63, 3.8) is 0 Å². The summed E-state index contributed by atoms with van der Waals surface area (Å²) in [6.45, 7) is 11.6. The predicted octanol–water partition coefficient (Wildman–Crippen LogP) is 5.47. The van der Waals surface area contributed by atoms with Gasteiger partial charge in [-0.2, -0.15) is 0 Å². The minimum Gasteiger partial charge on any atom is -0.497 e. The average Bonchev–Trinajstić information content (AvgIpc) is 2.90. The summed E-state index contributed by atoms with van der Waals surface area (Å²) in [5.74, 6) is 1.87. The van der Waals surface area contributed by atoms with Crippen molar-refractivity contribution >= 4 is 11.8 Å². The molecule has 0 aromatic carbocycles. The van der Waals surface area contributed by atoms with Gasteiger partial charge >= 0.3 is 0 Å². The Balaban J connectivity index is 0.00000576. The zero-order valence-electron chi connectivity index (χ0n) is 16.0. The SMILES string of the molecule is C.C=C(/C=C\C(OC)=C(/C)CC)SC/C(=C/C)C[C@@]1(N)CCCN1C. The van der Waals surface area contributed by atoms with Crippen LogP contribution in [0.25, 0.3) is 0 Å². The van der Waals surface area contributed by atoms with Crippen LogP contribution in [0.5, 0.6) is 0 Å². The second-order valence-electron chi connectivity index (χ2n) is 6.54. The third-order valence-corrected chi connectivity index (χ3v) is 5.86. The van der Waals surface area contributed by atoms with Gasteiger partial charge in [0.15, 0.2) is 0 Å². The summed E-state index contributed by atoms with van der Waals surface area (Å²) in [7, 11) is 3.84. The van der Waals surface area contributed by atoms with E-state index >= 15 is 0 Å². The van der Waals surface area contributed by atoms with Crippen LogP contribution in [0.4, 0.5) is 0 Å². The summed E-state index contributed by atoms with van der Waals surface area (Å²) >= 11 is 1.76. The maximum atomic E-state index is 6.57. The van der Waals surface area contributed by atoms with Gasteiger partial charge < -0.3 is 10.5 Å². The fraction of sp³-hybridized carbons (Fsp3) is 0.619. The molecule has 0 saturated carbocycles. The van der Waals surface area contributed by atoms with Gasteiger partial charge in [-0.05, 0) is 64.4 Å². The van der Waals surface area contributed by atoms with Crippen LogP contribution in [-0.2, 0) is 4.74 Å². The summed E-state index contributed by atoms with van der Waals surface area (Å²) in [6, 6.07) is 0. The summed E-state index contributed by atoms with van der Waals surface area (Å²) in [5.41, 5.74) is 9.02. The molecule has 1 fully saturated rings. The second-order valence-corrected chi connectivity index (χ2v) is 7.64. The topological polar surface area (TPSA) is 38.5 Å². The van der Waals surface area contributed by atoms with E-state index in [1.807, 2.05) is 12.2 Å². The van der Waals surface area contributed by atoms with Crippen molar-refractivity contribution in [1.82, 2.24) is 4.90 Å².